The molecule has 2 amide bonds. The molecule has 150 valence electrons. The Hall–Kier alpha value is -2.90. The molecule has 0 bridgehead atoms. The number of ether oxygens (including phenoxy) is 1. The maximum atomic E-state index is 13.0. The first-order valence-corrected chi connectivity index (χ1v) is 9.91. The Labute approximate surface area is 168 Å². The largest absolute Gasteiger partial charge is 0.468 e. The number of β-amino-alcohol motifs (C(OH)–C–C–N with tert-alkyl or cyclic N) is 1. The van der Waals surface area contributed by atoms with Crippen LogP contribution in [0.2, 0.25) is 0 Å². The van der Waals surface area contributed by atoms with E-state index in [1.165, 1.54) is 16.0 Å². The van der Waals surface area contributed by atoms with Gasteiger partial charge in [0.25, 0.3) is 17.9 Å². The van der Waals surface area contributed by atoms with Crippen molar-refractivity contribution < 1.29 is 19.4 Å². The van der Waals surface area contributed by atoms with E-state index in [4.69, 9.17) is 4.74 Å². The third-order valence-corrected chi connectivity index (χ3v) is 6.28. The van der Waals surface area contributed by atoms with E-state index in [9.17, 15) is 14.7 Å². The van der Waals surface area contributed by atoms with Gasteiger partial charge in [-0.1, -0.05) is 36.4 Å². The monoisotopic (exact) mass is 393 g/mol. The first-order chi connectivity index (χ1) is 14.1. The van der Waals surface area contributed by atoms with Crippen molar-refractivity contribution >= 4 is 17.5 Å². The highest BCUT2D eigenvalue weighted by atomic mass is 16.5. The van der Waals surface area contributed by atoms with Gasteiger partial charge < -0.3 is 25.4 Å². The molecular formula is C22H23N3O4. The summed E-state index contributed by atoms with van der Waals surface area (Å²) < 4.78 is 5.68. The molecule has 0 saturated carbocycles. The fourth-order valence-electron chi connectivity index (χ4n) is 4.54. The summed E-state index contributed by atoms with van der Waals surface area (Å²) in [5.74, 6) is -0.416. The van der Waals surface area contributed by atoms with Gasteiger partial charge in [-0.2, -0.15) is 0 Å². The third kappa shape index (κ3) is 3.07. The summed E-state index contributed by atoms with van der Waals surface area (Å²) >= 11 is 0. The lowest BCUT2D eigenvalue weighted by molar-refractivity contribution is -0.149. The molecule has 3 atom stereocenters. The molecule has 1 fully saturated rings. The molecule has 7 heteroatoms. The normalized spacial score (nSPS) is 28.2. The van der Waals surface area contributed by atoms with Crippen molar-refractivity contribution in [3.05, 3.63) is 59.7 Å². The number of hydrogen-bond acceptors (Lipinski definition) is 5. The SMILES string of the molecule is O=C1Nc2ccccc2OC1C(=O)N1CC[C@]2(Cc3ccccc3CN2)[C@H](O)C1. The van der Waals surface area contributed by atoms with E-state index in [1.54, 1.807) is 24.3 Å². The molecule has 3 aliphatic rings. The summed E-state index contributed by atoms with van der Waals surface area (Å²) in [5, 5.41) is 17.2. The number of aliphatic hydroxyl groups is 1. The molecule has 3 N–H and O–H groups in total. The van der Waals surface area contributed by atoms with Crippen molar-refractivity contribution in [2.24, 2.45) is 0 Å². The molecule has 29 heavy (non-hydrogen) atoms. The van der Waals surface area contributed by atoms with Crippen molar-refractivity contribution in [1.29, 1.82) is 0 Å². The third-order valence-electron chi connectivity index (χ3n) is 6.28. The minimum absolute atomic E-state index is 0.169. The predicted octanol–water partition coefficient (Wildman–Crippen LogP) is 1.06. The number of fused-ring (bicyclic) bond motifs is 2. The Kier molecular flexibility index (Phi) is 4.29. The number of anilines is 1. The second-order valence-corrected chi connectivity index (χ2v) is 7.99. The Morgan fingerprint density at radius 2 is 1.90 bits per heavy atom. The number of para-hydroxylation sites is 2. The highest BCUT2D eigenvalue weighted by Gasteiger charge is 2.47. The quantitative estimate of drug-likeness (QED) is 0.631. The predicted molar refractivity (Wildman–Crippen MR) is 106 cm³/mol. The number of likely N-dealkylation sites (tertiary alicyclic amines) is 1. The fraction of sp³-hybridized carbons (Fsp3) is 0.364. The van der Waals surface area contributed by atoms with Gasteiger partial charge in [-0.15, -0.1) is 0 Å². The van der Waals surface area contributed by atoms with E-state index >= 15 is 0 Å². The van der Waals surface area contributed by atoms with Crippen molar-refractivity contribution in [2.75, 3.05) is 18.4 Å². The lowest BCUT2D eigenvalue weighted by atomic mass is 9.76. The maximum Gasteiger partial charge on any atom is 0.275 e. The first-order valence-electron chi connectivity index (χ1n) is 9.91. The van der Waals surface area contributed by atoms with Gasteiger partial charge in [0.15, 0.2) is 0 Å². The highest BCUT2D eigenvalue weighted by molar-refractivity contribution is 6.11. The maximum absolute atomic E-state index is 13.0. The summed E-state index contributed by atoms with van der Waals surface area (Å²) in [6.07, 6.45) is -0.627. The number of benzene rings is 2. The summed E-state index contributed by atoms with van der Waals surface area (Å²) in [6.45, 7) is 1.33. The van der Waals surface area contributed by atoms with Crippen LogP contribution in [-0.2, 0) is 22.6 Å². The summed E-state index contributed by atoms with van der Waals surface area (Å²) in [6, 6.07) is 15.3. The van der Waals surface area contributed by atoms with E-state index in [1.807, 2.05) is 12.1 Å². The van der Waals surface area contributed by atoms with E-state index in [2.05, 4.69) is 22.8 Å². The molecule has 1 unspecified atom stereocenters. The number of piperidine rings is 1. The van der Waals surface area contributed by atoms with Crippen LogP contribution < -0.4 is 15.4 Å². The number of aliphatic hydroxyl groups excluding tert-OH is 1. The Balaban J connectivity index is 1.30. The Bertz CT molecular complexity index is 978. The van der Waals surface area contributed by atoms with Crippen LogP contribution in [0, 0.1) is 0 Å². The number of carbonyl (C=O) groups excluding carboxylic acids is 2. The number of rotatable bonds is 1. The highest BCUT2D eigenvalue weighted by Crippen LogP contribution is 2.34. The molecule has 2 aromatic rings. The molecule has 0 radical (unpaired) electrons. The van der Waals surface area contributed by atoms with E-state index in [0.29, 0.717) is 30.9 Å². The topological polar surface area (TPSA) is 90.9 Å². The van der Waals surface area contributed by atoms with E-state index < -0.39 is 29.6 Å². The van der Waals surface area contributed by atoms with Crippen LogP contribution >= 0.6 is 0 Å². The minimum Gasteiger partial charge on any atom is -0.468 e. The van der Waals surface area contributed by atoms with Crippen LogP contribution in [0.25, 0.3) is 0 Å². The number of amides is 2. The standard InChI is InChI=1S/C22H23N3O4/c26-18-13-25(10-9-22(18)11-14-5-1-2-6-15(14)12-23-22)21(28)19-20(27)24-16-7-3-4-8-17(16)29-19/h1-8,18-19,23,26H,9-13H2,(H,24,27)/t18-,19?,22+/m1/s1. The average Bonchev–Trinajstić information content (AvgIpc) is 2.75. The second-order valence-electron chi connectivity index (χ2n) is 7.99. The zero-order valence-electron chi connectivity index (χ0n) is 15.9. The number of hydrogen-bond donors (Lipinski definition) is 3. The number of nitrogens with zero attached hydrogens (tertiary/aromatic N) is 1. The fourth-order valence-corrected chi connectivity index (χ4v) is 4.54. The van der Waals surface area contributed by atoms with Crippen LogP contribution in [0.3, 0.4) is 0 Å². The van der Waals surface area contributed by atoms with Gasteiger partial charge in [0.2, 0.25) is 0 Å². The summed E-state index contributed by atoms with van der Waals surface area (Å²) in [5.41, 5.74) is 2.59. The van der Waals surface area contributed by atoms with Crippen molar-refractivity contribution in [3.8, 4) is 5.75 Å². The molecule has 0 aliphatic carbocycles. The minimum atomic E-state index is -1.23. The van der Waals surface area contributed by atoms with Crippen LogP contribution in [0.4, 0.5) is 5.69 Å². The molecule has 0 aromatic heterocycles. The van der Waals surface area contributed by atoms with Crippen molar-refractivity contribution in [1.82, 2.24) is 10.2 Å². The van der Waals surface area contributed by atoms with Crippen LogP contribution in [-0.4, -0.2) is 52.7 Å². The van der Waals surface area contributed by atoms with E-state index in [-0.39, 0.29) is 6.54 Å². The Morgan fingerprint density at radius 3 is 2.72 bits per heavy atom. The van der Waals surface area contributed by atoms with Gasteiger partial charge >= 0.3 is 0 Å². The van der Waals surface area contributed by atoms with Gasteiger partial charge in [0, 0.05) is 19.6 Å². The van der Waals surface area contributed by atoms with Gasteiger partial charge in [-0.25, -0.2) is 0 Å². The molecule has 3 heterocycles. The van der Waals surface area contributed by atoms with Gasteiger partial charge in [-0.3, -0.25) is 9.59 Å². The molecule has 1 saturated heterocycles. The van der Waals surface area contributed by atoms with Crippen LogP contribution in [0.1, 0.15) is 17.5 Å². The van der Waals surface area contributed by atoms with Crippen molar-refractivity contribution in [2.45, 2.75) is 37.1 Å². The first kappa shape index (κ1) is 18.1. The van der Waals surface area contributed by atoms with Crippen LogP contribution in [0.15, 0.2) is 48.5 Å². The Morgan fingerprint density at radius 1 is 1.14 bits per heavy atom. The molecular weight excluding hydrogens is 370 g/mol. The zero-order valence-corrected chi connectivity index (χ0v) is 15.9. The second kappa shape index (κ2) is 6.86. The van der Waals surface area contributed by atoms with Crippen molar-refractivity contribution in [3.63, 3.8) is 0 Å². The van der Waals surface area contributed by atoms with E-state index in [0.717, 1.165) is 6.42 Å². The average molecular weight is 393 g/mol. The molecule has 5 rings (SSSR count). The lowest BCUT2D eigenvalue weighted by Crippen LogP contribution is -2.67. The van der Waals surface area contributed by atoms with Crippen LogP contribution in [0.5, 0.6) is 5.75 Å². The number of carbonyl (C=O) groups is 2. The van der Waals surface area contributed by atoms with Gasteiger partial charge in [0.05, 0.1) is 17.3 Å². The molecule has 3 aliphatic heterocycles. The zero-order chi connectivity index (χ0) is 20.0. The summed E-state index contributed by atoms with van der Waals surface area (Å²) in [7, 11) is 0. The summed E-state index contributed by atoms with van der Waals surface area (Å²) in [4.78, 5) is 26.9. The molecule has 1 spiro atoms. The smallest absolute Gasteiger partial charge is 0.275 e. The molecule has 2 aromatic carbocycles. The lowest BCUT2D eigenvalue weighted by Gasteiger charge is -2.49. The van der Waals surface area contributed by atoms with Gasteiger partial charge in [-0.05, 0) is 36.1 Å². The molecule has 7 nitrogen and oxygen atoms in total. The van der Waals surface area contributed by atoms with Gasteiger partial charge in [0.1, 0.15) is 5.75 Å². The number of nitrogens with one attached hydrogen (secondary N) is 2.